The molecule has 0 aromatic carbocycles. The molecule has 4 N–H and O–H groups in total. The number of carboxylic acids is 1. The van der Waals surface area contributed by atoms with Gasteiger partial charge in [-0.1, -0.05) is 5.16 Å². The molecular weight excluding hydrogens is 148 g/mol. The number of amidine groups is 1. The summed E-state index contributed by atoms with van der Waals surface area (Å²) in [5.41, 5.74) is 5.14. The van der Waals surface area contributed by atoms with Crippen molar-refractivity contribution >= 4 is 11.8 Å². The van der Waals surface area contributed by atoms with Crippen molar-refractivity contribution in [1.29, 1.82) is 0 Å². The van der Waals surface area contributed by atoms with Gasteiger partial charge in [-0.05, 0) is 12.8 Å². The fourth-order valence-corrected chi connectivity index (χ4v) is 0.632. The minimum atomic E-state index is -0.815. The fourth-order valence-electron chi connectivity index (χ4n) is 0.632. The molecule has 0 bridgehead atoms. The second kappa shape index (κ2) is 5.52. The third-order valence-electron chi connectivity index (χ3n) is 1.20. The maximum atomic E-state index is 10.0. The highest BCUT2D eigenvalue weighted by Gasteiger charge is 1.97. The molecule has 0 radical (unpaired) electrons. The Balaban J connectivity index is 3.21. The van der Waals surface area contributed by atoms with Gasteiger partial charge in [0, 0.05) is 12.8 Å². The molecule has 0 atom stereocenters. The van der Waals surface area contributed by atoms with Crippen molar-refractivity contribution in [3.05, 3.63) is 0 Å². The van der Waals surface area contributed by atoms with Crippen molar-refractivity contribution in [2.75, 3.05) is 0 Å². The number of carboxylic acid groups (broad SMARTS) is 1. The van der Waals surface area contributed by atoms with Gasteiger partial charge in [0.1, 0.15) is 5.84 Å². The molecule has 0 saturated carbocycles. The molecule has 0 aliphatic heterocycles. The highest BCUT2D eigenvalue weighted by atomic mass is 16.4. The molecule has 0 aliphatic rings. The molecule has 0 aromatic rings. The van der Waals surface area contributed by atoms with Crippen LogP contribution in [0.15, 0.2) is 5.16 Å². The van der Waals surface area contributed by atoms with E-state index in [1.165, 1.54) is 0 Å². The van der Waals surface area contributed by atoms with Crippen LogP contribution in [0.2, 0.25) is 0 Å². The van der Waals surface area contributed by atoms with E-state index in [0.29, 0.717) is 19.3 Å². The number of aliphatic carboxylic acids is 1. The van der Waals surface area contributed by atoms with Gasteiger partial charge >= 0.3 is 5.97 Å². The van der Waals surface area contributed by atoms with Gasteiger partial charge in [-0.25, -0.2) is 0 Å². The van der Waals surface area contributed by atoms with E-state index in [0.717, 1.165) is 0 Å². The first-order valence-electron chi connectivity index (χ1n) is 3.35. The standard InChI is InChI=1S/C6H12N2O3/c7-5(8-11)3-1-2-4-6(9)10/h11H,1-4H2,(H2,7,8)(H,9,10). The van der Waals surface area contributed by atoms with Gasteiger partial charge < -0.3 is 16.0 Å². The Morgan fingerprint density at radius 2 is 1.91 bits per heavy atom. The second-order valence-corrected chi connectivity index (χ2v) is 2.19. The van der Waals surface area contributed by atoms with Gasteiger partial charge in [0.15, 0.2) is 0 Å². The zero-order valence-corrected chi connectivity index (χ0v) is 6.16. The Kier molecular flexibility index (Phi) is 4.89. The number of unbranched alkanes of at least 4 members (excludes halogenated alkanes) is 1. The summed E-state index contributed by atoms with van der Waals surface area (Å²) >= 11 is 0. The highest BCUT2D eigenvalue weighted by molar-refractivity contribution is 5.79. The Morgan fingerprint density at radius 3 is 2.36 bits per heavy atom. The normalized spacial score (nSPS) is 11.5. The van der Waals surface area contributed by atoms with Crippen LogP contribution < -0.4 is 5.73 Å². The van der Waals surface area contributed by atoms with Crippen molar-refractivity contribution in [1.82, 2.24) is 0 Å². The summed E-state index contributed by atoms with van der Waals surface area (Å²) in [6.45, 7) is 0. The van der Waals surface area contributed by atoms with Crippen LogP contribution in [0.3, 0.4) is 0 Å². The van der Waals surface area contributed by atoms with E-state index in [1.54, 1.807) is 0 Å². The number of rotatable bonds is 5. The number of oxime groups is 1. The zero-order valence-electron chi connectivity index (χ0n) is 6.16. The van der Waals surface area contributed by atoms with E-state index in [-0.39, 0.29) is 12.3 Å². The van der Waals surface area contributed by atoms with E-state index >= 15 is 0 Å². The molecule has 5 nitrogen and oxygen atoms in total. The number of nitrogens with two attached hydrogens (primary N) is 1. The van der Waals surface area contributed by atoms with E-state index in [1.807, 2.05) is 0 Å². The topological polar surface area (TPSA) is 95.9 Å². The molecular formula is C6H12N2O3. The van der Waals surface area contributed by atoms with Crippen LogP contribution in [0, 0.1) is 0 Å². The van der Waals surface area contributed by atoms with Gasteiger partial charge in [0.2, 0.25) is 0 Å². The maximum absolute atomic E-state index is 10.0. The first-order valence-corrected chi connectivity index (χ1v) is 3.35. The van der Waals surface area contributed by atoms with E-state index in [4.69, 9.17) is 16.0 Å². The van der Waals surface area contributed by atoms with Crippen LogP contribution >= 0.6 is 0 Å². The summed E-state index contributed by atoms with van der Waals surface area (Å²) in [7, 11) is 0. The van der Waals surface area contributed by atoms with Crippen LogP contribution in [-0.4, -0.2) is 22.1 Å². The Hall–Kier alpha value is -1.26. The van der Waals surface area contributed by atoms with Crippen molar-refractivity contribution in [2.45, 2.75) is 25.7 Å². The van der Waals surface area contributed by atoms with Crippen LogP contribution in [0.5, 0.6) is 0 Å². The molecule has 0 unspecified atom stereocenters. The van der Waals surface area contributed by atoms with Gasteiger partial charge in [0.05, 0.1) is 0 Å². The van der Waals surface area contributed by atoms with Crippen molar-refractivity contribution in [2.24, 2.45) is 10.9 Å². The quantitative estimate of drug-likeness (QED) is 0.178. The van der Waals surface area contributed by atoms with Crippen LogP contribution in [0.1, 0.15) is 25.7 Å². The molecule has 11 heavy (non-hydrogen) atoms. The Labute approximate surface area is 64.5 Å². The molecule has 0 saturated heterocycles. The number of hydrogen-bond acceptors (Lipinski definition) is 3. The molecule has 0 heterocycles. The first kappa shape index (κ1) is 9.74. The molecule has 0 rings (SSSR count). The summed E-state index contributed by atoms with van der Waals surface area (Å²) in [4.78, 5) is 10.0. The lowest BCUT2D eigenvalue weighted by molar-refractivity contribution is -0.137. The third-order valence-corrected chi connectivity index (χ3v) is 1.20. The third kappa shape index (κ3) is 6.63. The molecule has 64 valence electrons. The van der Waals surface area contributed by atoms with E-state index < -0.39 is 5.97 Å². The average Bonchev–Trinajstić information content (AvgIpc) is 1.97. The van der Waals surface area contributed by atoms with Gasteiger partial charge in [-0.3, -0.25) is 4.79 Å². The van der Waals surface area contributed by atoms with Crippen molar-refractivity contribution < 1.29 is 15.1 Å². The predicted octanol–water partition coefficient (Wildman–Crippen LogP) is 0.378. The lowest BCUT2D eigenvalue weighted by Gasteiger charge is -1.95. The van der Waals surface area contributed by atoms with Crippen molar-refractivity contribution in [3.8, 4) is 0 Å². The summed E-state index contributed by atoms with van der Waals surface area (Å²) in [6, 6.07) is 0. The highest BCUT2D eigenvalue weighted by Crippen LogP contribution is 1.98. The Morgan fingerprint density at radius 1 is 1.36 bits per heavy atom. The van der Waals surface area contributed by atoms with E-state index in [9.17, 15) is 4.79 Å². The lowest BCUT2D eigenvalue weighted by atomic mass is 10.2. The summed E-state index contributed by atoms with van der Waals surface area (Å²) in [6.07, 6.45) is 1.79. The van der Waals surface area contributed by atoms with Crippen molar-refractivity contribution in [3.63, 3.8) is 0 Å². The largest absolute Gasteiger partial charge is 0.481 e. The smallest absolute Gasteiger partial charge is 0.303 e. The minimum absolute atomic E-state index is 0.138. The molecule has 0 aromatic heterocycles. The molecule has 0 amide bonds. The molecule has 5 heteroatoms. The minimum Gasteiger partial charge on any atom is -0.481 e. The summed E-state index contributed by atoms with van der Waals surface area (Å²) < 4.78 is 0. The predicted molar refractivity (Wildman–Crippen MR) is 39.5 cm³/mol. The molecule has 0 fully saturated rings. The second-order valence-electron chi connectivity index (χ2n) is 2.19. The average molecular weight is 160 g/mol. The van der Waals surface area contributed by atoms with Gasteiger partial charge in [-0.15, -0.1) is 0 Å². The number of hydrogen-bond donors (Lipinski definition) is 3. The SMILES string of the molecule is N/C(CCCCC(=O)O)=N\O. The zero-order chi connectivity index (χ0) is 8.69. The summed E-state index contributed by atoms with van der Waals surface area (Å²) in [5.74, 6) is -0.667. The first-order chi connectivity index (χ1) is 5.16. The van der Waals surface area contributed by atoms with E-state index in [2.05, 4.69) is 5.16 Å². The van der Waals surface area contributed by atoms with Gasteiger partial charge in [-0.2, -0.15) is 0 Å². The number of nitrogens with zero attached hydrogens (tertiary/aromatic N) is 1. The molecule has 0 aliphatic carbocycles. The van der Waals surface area contributed by atoms with Crippen LogP contribution in [-0.2, 0) is 4.79 Å². The molecule has 0 spiro atoms. The monoisotopic (exact) mass is 160 g/mol. The van der Waals surface area contributed by atoms with Gasteiger partial charge in [0.25, 0.3) is 0 Å². The summed E-state index contributed by atoms with van der Waals surface area (Å²) in [5, 5.41) is 19.1. The fraction of sp³-hybridized carbons (Fsp3) is 0.667. The van der Waals surface area contributed by atoms with Crippen LogP contribution in [0.4, 0.5) is 0 Å². The Bertz CT molecular complexity index is 156. The maximum Gasteiger partial charge on any atom is 0.303 e. The van der Waals surface area contributed by atoms with Crippen LogP contribution in [0.25, 0.3) is 0 Å². The lowest BCUT2D eigenvalue weighted by Crippen LogP contribution is -2.11. The number of carbonyl (C=O) groups is 1.